The molecule has 2 aromatic rings. The molecular weight excluding hydrogens is 265 g/mol. The molecule has 0 spiro atoms. The summed E-state index contributed by atoms with van der Waals surface area (Å²) in [4.78, 5) is 12.3. The van der Waals surface area contributed by atoms with Gasteiger partial charge in [-0.3, -0.25) is 4.79 Å². The van der Waals surface area contributed by atoms with E-state index in [1.165, 1.54) is 6.07 Å². The number of carbonyl (C=O) groups is 1. The molecular formula is C18H20FNO. The molecule has 21 heavy (non-hydrogen) atoms. The van der Waals surface area contributed by atoms with Crippen molar-refractivity contribution in [2.24, 2.45) is 0 Å². The van der Waals surface area contributed by atoms with E-state index in [9.17, 15) is 9.18 Å². The summed E-state index contributed by atoms with van der Waals surface area (Å²) >= 11 is 0. The number of benzene rings is 2. The molecule has 0 atom stereocenters. The highest BCUT2D eigenvalue weighted by molar-refractivity contribution is 6.05. The van der Waals surface area contributed by atoms with E-state index in [0.29, 0.717) is 17.0 Å². The summed E-state index contributed by atoms with van der Waals surface area (Å²) in [7, 11) is 0. The Morgan fingerprint density at radius 3 is 2.43 bits per heavy atom. The monoisotopic (exact) mass is 285 g/mol. The zero-order valence-electron chi connectivity index (χ0n) is 12.8. The van der Waals surface area contributed by atoms with Gasteiger partial charge in [-0.1, -0.05) is 38.1 Å². The van der Waals surface area contributed by atoms with Gasteiger partial charge >= 0.3 is 0 Å². The van der Waals surface area contributed by atoms with Crippen LogP contribution < -0.4 is 5.32 Å². The lowest BCUT2D eigenvalue weighted by Crippen LogP contribution is -2.15. The zero-order chi connectivity index (χ0) is 15.6. The smallest absolute Gasteiger partial charge is 0.255 e. The Morgan fingerprint density at radius 2 is 1.81 bits per heavy atom. The zero-order valence-corrected chi connectivity index (χ0v) is 12.8. The molecule has 0 bridgehead atoms. The van der Waals surface area contributed by atoms with E-state index in [2.05, 4.69) is 19.2 Å². The fourth-order valence-electron chi connectivity index (χ4n) is 2.26. The van der Waals surface area contributed by atoms with E-state index in [4.69, 9.17) is 0 Å². The molecule has 2 rings (SSSR count). The molecule has 0 unspecified atom stereocenters. The van der Waals surface area contributed by atoms with Gasteiger partial charge in [0.1, 0.15) is 5.82 Å². The SMILES string of the molecule is Cc1ccc(C(=O)Nc2c(C)cccc2C(C)C)cc1F. The molecule has 0 aliphatic carbocycles. The van der Waals surface area contributed by atoms with Crippen LogP contribution in [0.1, 0.15) is 46.8 Å². The lowest BCUT2D eigenvalue weighted by Gasteiger charge is -2.16. The van der Waals surface area contributed by atoms with Crippen molar-refractivity contribution in [2.75, 3.05) is 5.32 Å². The fourth-order valence-corrected chi connectivity index (χ4v) is 2.26. The van der Waals surface area contributed by atoms with E-state index >= 15 is 0 Å². The topological polar surface area (TPSA) is 29.1 Å². The second-order valence-corrected chi connectivity index (χ2v) is 5.61. The first-order valence-corrected chi connectivity index (χ1v) is 7.07. The largest absolute Gasteiger partial charge is 0.321 e. The molecule has 0 saturated heterocycles. The molecule has 0 radical (unpaired) electrons. The normalized spacial score (nSPS) is 10.8. The summed E-state index contributed by atoms with van der Waals surface area (Å²) in [5.74, 6) is -0.350. The minimum Gasteiger partial charge on any atom is -0.321 e. The number of carbonyl (C=O) groups excluding carboxylic acids is 1. The minimum absolute atomic E-state index is 0.287. The predicted octanol–water partition coefficient (Wildman–Crippen LogP) is 4.82. The summed E-state index contributed by atoms with van der Waals surface area (Å²) < 4.78 is 13.6. The number of amides is 1. The maximum Gasteiger partial charge on any atom is 0.255 e. The maximum absolute atomic E-state index is 13.6. The number of para-hydroxylation sites is 1. The van der Waals surface area contributed by atoms with Gasteiger partial charge in [0, 0.05) is 11.3 Å². The highest BCUT2D eigenvalue weighted by Crippen LogP contribution is 2.28. The van der Waals surface area contributed by atoms with E-state index in [0.717, 1.165) is 16.8 Å². The Morgan fingerprint density at radius 1 is 1.10 bits per heavy atom. The molecule has 110 valence electrons. The van der Waals surface area contributed by atoms with Crippen LogP contribution in [0, 0.1) is 19.7 Å². The average molecular weight is 285 g/mol. The molecule has 0 aliphatic rings. The van der Waals surface area contributed by atoms with Crippen LogP contribution in [0.5, 0.6) is 0 Å². The summed E-state index contributed by atoms with van der Waals surface area (Å²) in [6.07, 6.45) is 0. The Balaban J connectivity index is 2.33. The third kappa shape index (κ3) is 3.30. The molecule has 0 aromatic heterocycles. The van der Waals surface area contributed by atoms with Crippen LogP contribution in [-0.4, -0.2) is 5.91 Å². The molecule has 0 heterocycles. The van der Waals surface area contributed by atoms with Crippen molar-refractivity contribution in [1.82, 2.24) is 0 Å². The number of halogens is 1. The van der Waals surface area contributed by atoms with Crippen molar-refractivity contribution < 1.29 is 9.18 Å². The molecule has 0 aliphatic heterocycles. The standard InChI is InChI=1S/C18H20FNO/c1-11(2)15-7-5-6-13(4)17(15)20-18(21)14-9-8-12(3)16(19)10-14/h5-11H,1-4H3,(H,20,21). The molecule has 2 nitrogen and oxygen atoms in total. The predicted molar refractivity (Wildman–Crippen MR) is 84.4 cm³/mol. The second kappa shape index (κ2) is 6.08. The lowest BCUT2D eigenvalue weighted by atomic mass is 9.98. The average Bonchev–Trinajstić information content (AvgIpc) is 2.43. The first kappa shape index (κ1) is 15.2. The number of hydrogen-bond acceptors (Lipinski definition) is 1. The fraction of sp³-hybridized carbons (Fsp3) is 0.278. The van der Waals surface area contributed by atoms with Gasteiger partial charge in [-0.05, 0) is 48.6 Å². The van der Waals surface area contributed by atoms with Gasteiger partial charge in [0.15, 0.2) is 0 Å². The summed E-state index contributed by atoms with van der Waals surface area (Å²) in [6, 6.07) is 10.5. The van der Waals surface area contributed by atoms with Crippen molar-refractivity contribution in [2.45, 2.75) is 33.6 Å². The van der Waals surface area contributed by atoms with Crippen LogP contribution >= 0.6 is 0 Å². The third-order valence-corrected chi connectivity index (χ3v) is 3.60. The molecule has 2 aromatic carbocycles. The number of rotatable bonds is 3. The summed E-state index contributed by atoms with van der Waals surface area (Å²) in [6.45, 7) is 7.79. The number of aryl methyl sites for hydroxylation is 2. The van der Waals surface area contributed by atoms with E-state index in [-0.39, 0.29) is 11.7 Å². The highest BCUT2D eigenvalue weighted by atomic mass is 19.1. The number of nitrogens with one attached hydrogen (secondary N) is 1. The van der Waals surface area contributed by atoms with Crippen LogP contribution in [0.25, 0.3) is 0 Å². The quantitative estimate of drug-likeness (QED) is 0.860. The molecule has 3 heteroatoms. The van der Waals surface area contributed by atoms with E-state index in [1.807, 2.05) is 25.1 Å². The Labute approximate surface area is 125 Å². The van der Waals surface area contributed by atoms with Crippen LogP contribution in [0.15, 0.2) is 36.4 Å². The summed E-state index contributed by atoms with van der Waals surface area (Å²) in [5.41, 5.74) is 3.76. The van der Waals surface area contributed by atoms with Crippen molar-refractivity contribution in [3.8, 4) is 0 Å². The van der Waals surface area contributed by atoms with Gasteiger partial charge in [0.25, 0.3) is 5.91 Å². The lowest BCUT2D eigenvalue weighted by molar-refractivity contribution is 0.102. The number of hydrogen-bond donors (Lipinski definition) is 1. The Hall–Kier alpha value is -2.16. The van der Waals surface area contributed by atoms with Crippen molar-refractivity contribution in [3.05, 3.63) is 64.5 Å². The Kier molecular flexibility index (Phi) is 4.41. The van der Waals surface area contributed by atoms with E-state index < -0.39 is 0 Å². The minimum atomic E-state index is -0.364. The highest BCUT2D eigenvalue weighted by Gasteiger charge is 2.14. The van der Waals surface area contributed by atoms with Crippen molar-refractivity contribution in [3.63, 3.8) is 0 Å². The third-order valence-electron chi connectivity index (χ3n) is 3.60. The van der Waals surface area contributed by atoms with Crippen LogP contribution in [0.3, 0.4) is 0 Å². The van der Waals surface area contributed by atoms with Crippen LogP contribution in [0.2, 0.25) is 0 Å². The van der Waals surface area contributed by atoms with Crippen molar-refractivity contribution in [1.29, 1.82) is 0 Å². The van der Waals surface area contributed by atoms with Gasteiger partial charge in [-0.15, -0.1) is 0 Å². The molecule has 0 saturated carbocycles. The molecule has 0 fully saturated rings. The Bertz CT molecular complexity index is 677. The molecule has 1 N–H and O–H groups in total. The number of anilines is 1. The van der Waals surface area contributed by atoms with Gasteiger partial charge < -0.3 is 5.32 Å². The first-order valence-electron chi connectivity index (χ1n) is 7.07. The van der Waals surface area contributed by atoms with Crippen molar-refractivity contribution >= 4 is 11.6 Å². The van der Waals surface area contributed by atoms with Crippen LogP contribution in [0.4, 0.5) is 10.1 Å². The van der Waals surface area contributed by atoms with Gasteiger partial charge in [-0.25, -0.2) is 4.39 Å². The van der Waals surface area contributed by atoms with Crippen LogP contribution in [-0.2, 0) is 0 Å². The van der Waals surface area contributed by atoms with E-state index in [1.54, 1.807) is 19.1 Å². The first-order chi connectivity index (χ1) is 9.90. The second-order valence-electron chi connectivity index (χ2n) is 5.61. The van der Waals surface area contributed by atoms with Gasteiger partial charge in [0.2, 0.25) is 0 Å². The molecule has 1 amide bonds. The van der Waals surface area contributed by atoms with Gasteiger partial charge in [-0.2, -0.15) is 0 Å². The van der Waals surface area contributed by atoms with Gasteiger partial charge in [0.05, 0.1) is 0 Å². The summed E-state index contributed by atoms with van der Waals surface area (Å²) in [5, 5.41) is 2.92. The maximum atomic E-state index is 13.6.